The van der Waals surface area contributed by atoms with Gasteiger partial charge in [-0.1, -0.05) is 23.7 Å². The molecule has 0 saturated carbocycles. The van der Waals surface area contributed by atoms with E-state index in [2.05, 4.69) is 0 Å². The number of ether oxygens (including phenoxy) is 2. The van der Waals surface area contributed by atoms with Gasteiger partial charge in [-0.3, -0.25) is 9.59 Å². The molecule has 0 unspecified atom stereocenters. The second kappa shape index (κ2) is 9.43. The van der Waals surface area contributed by atoms with Crippen molar-refractivity contribution in [2.24, 2.45) is 0 Å². The molecular formula is C21H21ClN2O5. The van der Waals surface area contributed by atoms with Crippen LogP contribution in [0.1, 0.15) is 27.6 Å². The highest BCUT2D eigenvalue weighted by Gasteiger charge is 2.26. The van der Waals surface area contributed by atoms with Crippen LogP contribution in [0.2, 0.25) is 5.02 Å². The van der Waals surface area contributed by atoms with Crippen LogP contribution in [0.5, 0.6) is 5.75 Å². The van der Waals surface area contributed by atoms with Gasteiger partial charge in [0.2, 0.25) is 0 Å². The van der Waals surface area contributed by atoms with Crippen LogP contribution in [-0.2, 0) is 4.74 Å². The number of amides is 2. The van der Waals surface area contributed by atoms with Gasteiger partial charge in [0.25, 0.3) is 11.8 Å². The molecule has 3 rings (SSSR count). The maximum atomic E-state index is 12.7. The molecule has 0 N–H and O–H groups in total. The summed E-state index contributed by atoms with van der Waals surface area (Å²) in [7, 11) is 0. The number of piperazine rings is 1. The largest absolute Gasteiger partial charge is 0.513 e. The predicted octanol–water partition coefficient (Wildman–Crippen LogP) is 3.47. The Labute approximate surface area is 173 Å². The molecule has 152 valence electrons. The zero-order valence-electron chi connectivity index (χ0n) is 16.0. The molecule has 2 aromatic carbocycles. The van der Waals surface area contributed by atoms with E-state index in [0.29, 0.717) is 48.1 Å². The Balaban J connectivity index is 1.56. The SMILES string of the molecule is CCOC(=O)Oc1ccc(C(=O)N2CCN(C(=O)c3ccccc3Cl)CC2)cc1. The van der Waals surface area contributed by atoms with Gasteiger partial charge < -0.3 is 19.3 Å². The molecule has 2 aromatic rings. The Morgan fingerprint density at radius 1 is 0.897 bits per heavy atom. The van der Waals surface area contributed by atoms with Crippen LogP contribution in [0, 0.1) is 0 Å². The first-order valence-corrected chi connectivity index (χ1v) is 9.65. The van der Waals surface area contributed by atoms with Gasteiger partial charge in [0.1, 0.15) is 5.75 Å². The standard InChI is InChI=1S/C21H21ClN2O5/c1-2-28-21(27)29-16-9-7-15(8-10-16)19(25)23-11-13-24(14-12-23)20(26)17-5-3-4-6-18(17)22/h3-10H,2,11-14H2,1H3. The van der Waals surface area contributed by atoms with Gasteiger partial charge in [-0.15, -0.1) is 0 Å². The number of halogens is 1. The van der Waals surface area contributed by atoms with Gasteiger partial charge in [0.05, 0.1) is 17.2 Å². The topological polar surface area (TPSA) is 76.2 Å². The Hall–Kier alpha value is -3.06. The van der Waals surface area contributed by atoms with Crippen molar-refractivity contribution in [1.29, 1.82) is 0 Å². The number of hydrogen-bond acceptors (Lipinski definition) is 5. The Morgan fingerprint density at radius 2 is 1.48 bits per heavy atom. The van der Waals surface area contributed by atoms with E-state index in [0.717, 1.165) is 0 Å². The number of rotatable bonds is 4. The lowest BCUT2D eigenvalue weighted by Gasteiger charge is -2.35. The van der Waals surface area contributed by atoms with Gasteiger partial charge >= 0.3 is 6.16 Å². The predicted molar refractivity (Wildman–Crippen MR) is 107 cm³/mol. The molecule has 0 aromatic heterocycles. The van der Waals surface area contributed by atoms with Crippen molar-refractivity contribution < 1.29 is 23.9 Å². The molecule has 0 aliphatic carbocycles. The third-order valence-corrected chi connectivity index (χ3v) is 4.85. The quantitative estimate of drug-likeness (QED) is 0.563. The van der Waals surface area contributed by atoms with Gasteiger partial charge in [-0.05, 0) is 43.3 Å². The summed E-state index contributed by atoms with van der Waals surface area (Å²) in [6.07, 6.45) is -0.786. The van der Waals surface area contributed by atoms with Gasteiger partial charge in [0, 0.05) is 31.7 Å². The van der Waals surface area contributed by atoms with Crippen molar-refractivity contribution in [2.75, 3.05) is 32.8 Å². The maximum Gasteiger partial charge on any atom is 0.513 e. The van der Waals surface area contributed by atoms with Crippen LogP contribution in [0.4, 0.5) is 4.79 Å². The van der Waals surface area contributed by atoms with E-state index in [4.69, 9.17) is 21.1 Å². The van der Waals surface area contributed by atoms with E-state index in [1.807, 2.05) is 0 Å². The molecule has 0 bridgehead atoms. The summed E-state index contributed by atoms with van der Waals surface area (Å²) in [5, 5.41) is 0.418. The van der Waals surface area contributed by atoms with Crippen molar-refractivity contribution in [3.05, 3.63) is 64.7 Å². The van der Waals surface area contributed by atoms with E-state index in [1.165, 1.54) is 0 Å². The van der Waals surface area contributed by atoms with Crippen molar-refractivity contribution in [1.82, 2.24) is 9.80 Å². The zero-order chi connectivity index (χ0) is 20.8. The highest BCUT2D eigenvalue weighted by atomic mass is 35.5. The molecular weight excluding hydrogens is 396 g/mol. The lowest BCUT2D eigenvalue weighted by molar-refractivity contribution is 0.0535. The van der Waals surface area contributed by atoms with Crippen LogP contribution < -0.4 is 4.74 Å². The number of carbonyl (C=O) groups is 3. The average molecular weight is 417 g/mol. The first-order chi connectivity index (χ1) is 14.0. The molecule has 1 heterocycles. The Morgan fingerprint density at radius 3 is 2.07 bits per heavy atom. The van der Waals surface area contributed by atoms with Crippen LogP contribution in [-0.4, -0.2) is 60.6 Å². The minimum Gasteiger partial charge on any atom is -0.434 e. The van der Waals surface area contributed by atoms with Crippen molar-refractivity contribution >= 4 is 29.6 Å². The average Bonchev–Trinajstić information content (AvgIpc) is 2.74. The van der Waals surface area contributed by atoms with Crippen molar-refractivity contribution in [3.8, 4) is 5.75 Å². The Kier molecular flexibility index (Phi) is 6.72. The minimum absolute atomic E-state index is 0.136. The summed E-state index contributed by atoms with van der Waals surface area (Å²) in [4.78, 5) is 40.0. The molecule has 1 aliphatic rings. The van der Waals surface area contributed by atoms with E-state index in [9.17, 15) is 14.4 Å². The molecule has 8 heteroatoms. The second-order valence-corrected chi connectivity index (χ2v) is 6.78. The van der Waals surface area contributed by atoms with Crippen LogP contribution >= 0.6 is 11.6 Å². The van der Waals surface area contributed by atoms with Gasteiger partial charge in [-0.2, -0.15) is 0 Å². The summed E-state index contributed by atoms with van der Waals surface area (Å²) in [5.41, 5.74) is 0.943. The summed E-state index contributed by atoms with van der Waals surface area (Å²) < 4.78 is 9.70. The van der Waals surface area contributed by atoms with Crippen LogP contribution in [0.15, 0.2) is 48.5 Å². The monoisotopic (exact) mass is 416 g/mol. The van der Waals surface area contributed by atoms with E-state index in [-0.39, 0.29) is 18.4 Å². The van der Waals surface area contributed by atoms with E-state index < -0.39 is 6.16 Å². The molecule has 29 heavy (non-hydrogen) atoms. The molecule has 2 amide bonds. The number of carbonyl (C=O) groups excluding carboxylic acids is 3. The number of hydrogen-bond donors (Lipinski definition) is 0. The van der Waals surface area contributed by atoms with Gasteiger partial charge in [0.15, 0.2) is 0 Å². The summed E-state index contributed by atoms with van der Waals surface area (Å²) in [6.45, 7) is 3.62. The van der Waals surface area contributed by atoms with E-state index >= 15 is 0 Å². The molecule has 1 fully saturated rings. The van der Waals surface area contributed by atoms with Crippen molar-refractivity contribution in [3.63, 3.8) is 0 Å². The Bertz CT molecular complexity index is 892. The number of benzene rings is 2. The molecule has 1 saturated heterocycles. The smallest absolute Gasteiger partial charge is 0.434 e. The summed E-state index contributed by atoms with van der Waals surface area (Å²) in [5.74, 6) is 0.0239. The molecule has 1 aliphatic heterocycles. The second-order valence-electron chi connectivity index (χ2n) is 6.37. The zero-order valence-corrected chi connectivity index (χ0v) is 16.7. The van der Waals surface area contributed by atoms with Crippen LogP contribution in [0.25, 0.3) is 0 Å². The van der Waals surface area contributed by atoms with Crippen LogP contribution in [0.3, 0.4) is 0 Å². The molecule has 7 nitrogen and oxygen atoms in total. The lowest BCUT2D eigenvalue weighted by atomic mass is 10.1. The minimum atomic E-state index is -0.786. The first kappa shape index (κ1) is 20.7. The summed E-state index contributed by atoms with van der Waals surface area (Å²) in [6, 6.07) is 13.2. The van der Waals surface area contributed by atoms with Gasteiger partial charge in [-0.25, -0.2) is 4.79 Å². The third kappa shape index (κ3) is 5.06. The van der Waals surface area contributed by atoms with Crippen molar-refractivity contribution in [2.45, 2.75) is 6.92 Å². The highest BCUT2D eigenvalue weighted by molar-refractivity contribution is 6.33. The fraction of sp³-hybridized carbons (Fsp3) is 0.286. The summed E-state index contributed by atoms with van der Waals surface area (Å²) >= 11 is 6.11. The molecule has 0 radical (unpaired) electrons. The fourth-order valence-electron chi connectivity index (χ4n) is 3.01. The molecule has 0 spiro atoms. The third-order valence-electron chi connectivity index (χ3n) is 4.52. The fourth-order valence-corrected chi connectivity index (χ4v) is 3.23. The first-order valence-electron chi connectivity index (χ1n) is 9.27. The molecule has 0 atom stereocenters. The number of nitrogens with zero attached hydrogens (tertiary/aromatic N) is 2. The maximum absolute atomic E-state index is 12.7. The lowest BCUT2D eigenvalue weighted by Crippen LogP contribution is -2.50. The normalized spacial score (nSPS) is 13.7. The highest BCUT2D eigenvalue weighted by Crippen LogP contribution is 2.19. The van der Waals surface area contributed by atoms with E-state index in [1.54, 1.807) is 65.3 Å².